The van der Waals surface area contributed by atoms with Gasteiger partial charge in [0.15, 0.2) is 0 Å². The number of hydrogen-bond donors (Lipinski definition) is 0. The topological polar surface area (TPSA) is 0 Å². The molecule has 0 aromatic heterocycles. The Hall–Kier alpha value is -1.96. The number of aryl methyl sites for hydroxylation is 2. The molecule has 0 aliphatic heterocycles. The first-order chi connectivity index (χ1) is 19.4. The molecule has 2 unspecified atom stereocenters. The monoisotopic (exact) mass is 684 g/mol. The molecule has 4 heteroatoms. The van der Waals surface area contributed by atoms with Crippen LogP contribution in [0.2, 0.25) is 13.1 Å². The van der Waals surface area contributed by atoms with Gasteiger partial charge in [-0.15, -0.1) is 0 Å². The molecule has 4 aromatic rings. The van der Waals surface area contributed by atoms with Crippen molar-refractivity contribution < 1.29 is 45.2 Å². The Balaban J connectivity index is 0.00000202. The summed E-state index contributed by atoms with van der Waals surface area (Å²) in [6, 6.07) is 32.8. The average molecular weight is 687 g/mol. The van der Waals surface area contributed by atoms with E-state index in [9.17, 15) is 0 Å². The molecule has 4 aromatic carbocycles. The number of fused-ring (bicyclic) bond motifs is 2. The van der Waals surface area contributed by atoms with Gasteiger partial charge in [0, 0.05) is 0 Å². The van der Waals surface area contributed by atoms with Gasteiger partial charge in [-0.3, -0.25) is 0 Å². The van der Waals surface area contributed by atoms with Crippen LogP contribution in [-0.2, 0) is 33.2 Å². The van der Waals surface area contributed by atoms with Crippen LogP contribution < -0.4 is 24.8 Å². The van der Waals surface area contributed by atoms with Gasteiger partial charge in [0.2, 0.25) is 0 Å². The molecule has 0 nitrogen and oxygen atoms in total. The van der Waals surface area contributed by atoms with Gasteiger partial charge < -0.3 is 24.8 Å². The van der Waals surface area contributed by atoms with Gasteiger partial charge in [-0.1, -0.05) is 0 Å². The van der Waals surface area contributed by atoms with Crippen LogP contribution in [-0.4, -0.2) is 5.43 Å². The maximum absolute atomic E-state index is 2.62. The summed E-state index contributed by atoms with van der Waals surface area (Å²) in [7, 11) is 0. The van der Waals surface area contributed by atoms with Crippen molar-refractivity contribution >= 4 is 17.6 Å². The van der Waals surface area contributed by atoms with Gasteiger partial charge in [0.1, 0.15) is 0 Å². The van der Waals surface area contributed by atoms with Crippen molar-refractivity contribution in [3.63, 3.8) is 0 Å². The number of benzene rings is 4. The van der Waals surface area contributed by atoms with Crippen LogP contribution in [0, 0.1) is 0 Å². The summed E-state index contributed by atoms with van der Waals surface area (Å²) in [5.74, 6) is 0. The third-order valence-corrected chi connectivity index (χ3v) is 29.0. The average Bonchev–Trinajstić information content (AvgIpc) is 3.49. The van der Waals surface area contributed by atoms with Crippen molar-refractivity contribution in [1.29, 1.82) is 0 Å². The third-order valence-electron chi connectivity index (χ3n) is 9.10. The van der Waals surface area contributed by atoms with Crippen molar-refractivity contribution in [2.75, 3.05) is 0 Å². The van der Waals surface area contributed by atoms with Crippen LogP contribution in [0.5, 0.6) is 0 Å². The Morgan fingerprint density at radius 3 is 1.29 bits per heavy atom. The van der Waals surface area contributed by atoms with Crippen LogP contribution >= 0.6 is 0 Å². The summed E-state index contributed by atoms with van der Waals surface area (Å²) >= 11 is -2.08. The summed E-state index contributed by atoms with van der Waals surface area (Å²) < 4.78 is 1.31. The number of rotatable bonds is 6. The molecule has 214 valence electrons. The van der Waals surface area contributed by atoms with E-state index in [2.05, 4.69) is 138 Å². The van der Waals surface area contributed by atoms with Crippen molar-refractivity contribution in [3.8, 4) is 22.3 Å². The predicted molar refractivity (Wildman–Crippen MR) is 173 cm³/mol. The van der Waals surface area contributed by atoms with E-state index in [0.717, 1.165) is 12.8 Å². The van der Waals surface area contributed by atoms with Crippen LogP contribution in [0.3, 0.4) is 0 Å². The van der Waals surface area contributed by atoms with Crippen molar-refractivity contribution in [1.82, 2.24) is 0 Å². The molecule has 2 atom stereocenters. The van der Waals surface area contributed by atoms with Gasteiger partial charge in [-0.25, -0.2) is 0 Å². The van der Waals surface area contributed by atoms with Gasteiger partial charge >= 0.3 is 251 Å². The zero-order valence-corrected chi connectivity index (χ0v) is 30.5. The zero-order chi connectivity index (χ0) is 28.0. The van der Waals surface area contributed by atoms with E-state index in [1.807, 2.05) is 0 Å². The van der Waals surface area contributed by atoms with Crippen molar-refractivity contribution in [3.05, 3.63) is 129 Å². The minimum absolute atomic E-state index is 0. The number of allylic oxidation sites excluding steroid dienone is 2. The van der Waals surface area contributed by atoms with Gasteiger partial charge in [0.05, 0.1) is 0 Å². The fourth-order valence-electron chi connectivity index (χ4n) is 7.02. The second kappa shape index (κ2) is 13.8. The zero-order valence-electron chi connectivity index (χ0n) is 25.6. The summed E-state index contributed by atoms with van der Waals surface area (Å²) in [5.41, 5.74) is 17.3. The standard InChI is InChI=1S/2C18H17.C2H6Si.2ClH.Zr/c2*1-3-14-7-9-15(10-8-14)17-6-4-5-16-11-13(2)12-18(16)17;1-3-2;;;/h2*4-12H,3H2,1-2H3;1-2H3;2*1H;/q;;;;;+2/p-2. The maximum atomic E-state index is 2.62. The molecular formula is C38H40Cl2SiZr. The van der Waals surface area contributed by atoms with Gasteiger partial charge in [-0.2, -0.15) is 0 Å². The molecule has 2 aliphatic rings. The molecular weight excluding hydrogens is 647 g/mol. The summed E-state index contributed by atoms with van der Waals surface area (Å²) in [6.45, 7) is 14.6. The first-order valence-electron chi connectivity index (χ1n) is 14.9. The molecule has 2 aliphatic carbocycles. The minimum atomic E-state index is -2.08. The van der Waals surface area contributed by atoms with Crippen LogP contribution in [0.15, 0.2) is 96.1 Å². The maximum Gasteiger partial charge on any atom is -1.00 e. The predicted octanol–water partition coefficient (Wildman–Crippen LogP) is 4.64. The Morgan fingerprint density at radius 2 is 0.952 bits per heavy atom. The van der Waals surface area contributed by atoms with Crippen LogP contribution in [0.4, 0.5) is 0 Å². The van der Waals surface area contributed by atoms with E-state index in [4.69, 9.17) is 0 Å². The van der Waals surface area contributed by atoms with E-state index in [-0.39, 0.29) is 24.8 Å². The van der Waals surface area contributed by atoms with Crippen molar-refractivity contribution in [2.45, 2.75) is 60.9 Å². The Bertz CT molecular complexity index is 1570. The Morgan fingerprint density at radius 1 is 0.571 bits per heavy atom. The molecule has 6 rings (SSSR count). The third kappa shape index (κ3) is 5.90. The second-order valence-electron chi connectivity index (χ2n) is 11.8. The first-order valence-corrected chi connectivity index (χ1v) is 23.9. The van der Waals surface area contributed by atoms with E-state index >= 15 is 0 Å². The van der Waals surface area contributed by atoms with E-state index in [0.29, 0.717) is 7.25 Å². The molecule has 0 fully saturated rings. The van der Waals surface area contributed by atoms with Gasteiger partial charge in [0.25, 0.3) is 0 Å². The van der Waals surface area contributed by atoms with Gasteiger partial charge in [-0.05, 0) is 0 Å². The summed E-state index contributed by atoms with van der Waals surface area (Å²) in [4.78, 5) is 0. The number of hydrogen-bond acceptors (Lipinski definition) is 0. The molecule has 0 spiro atoms. The fourth-order valence-corrected chi connectivity index (χ4v) is 27.7. The molecule has 0 saturated heterocycles. The largest absolute Gasteiger partial charge is 1.00 e. The normalized spacial score (nSPS) is 16.2. The second-order valence-corrected chi connectivity index (χ2v) is 29.7. The molecule has 0 bridgehead atoms. The van der Waals surface area contributed by atoms with Crippen LogP contribution in [0.25, 0.3) is 34.4 Å². The fraction of sp³-hybridized carbons (Fsp3) is 0.263. The number of halogens is 2. The minimum Gasteiger partial charge on any atom is -1.00 e. The molecule has 0 radical (unpaired) electrons. The van der Waals surface area contributed by atoms with Crippen molar-refractivity contribution in [2.24, 2.45) is 0 Å². The molecule has 42 heavy (non-hydrogen) atoms. The Labute approximate surface area is 273 Å². The summed E-state index contributed by atoms with van der Waals surface area (Å²) in [5, 5.41) is 0. The van der Waals surface area contributed by atoms with E-state index < -0.39 is 25.8 Å². The quantitative estimate of drug-likeness (QED) is 0.260. The molecule has 0 heterocycles. The van der Waals surface area contributed by atoms with E-state index in [1.54, 1.807) is 22.3 Å². The molecule has 0 amide bonds. The molecule has 0 saturated carbocycles. The first kappa shape index (κ1) is 32.9. The SMILES string of the molecule is CCc1ccc(-c2cccc3c2C=C(C)[CH]3[Zr+2]([CH]2C(C)=Cc3c(-c4ccc(CC)cc4)cccc32)=[Si](C)C)cc1.[Cl-].[Cl-]. The smallest absolute Gasteiger partial charge is 1.00 e. The van der Waals surface area contributed by atoms with Crippen LogP contribution in [0.1, 0.15) is 68.3 Å². The molecule has 0 N–H and O–H groups in total. The van der Waals surface area contributed by atoms with E-state index in [1.165, 1.54) is 44.5 Å². The Kier molecular flexibility index (Phi) is 10.8. The summed E-state index contributed by atoms with van der Waals surface area (Å²) in [6.07, 6.45) is 7.27.